The summed E-state index contributed by atoms with van der Waals surface area (Å²) in [6, 6.07) is 7.94. The molecule has 0 spiro atoms. The van der Waals surface area contributed by atoms with Crippen molar-refractivity contribution in [3.05, 3.63) is 30.5 Å². The summed E-state index contributed by atoms with van der Waals surface area (Å²) in [7, 11) is 1.90. The number of aromatic nitrogens is 2. The quantitative estimate of drug-likeness (QED) is 0.479. The van der Waals surface area contributed by atoms with E-state index in [0.29, 0.717) is 0 Å². The average Bonchev–Trinajstić information content (AvgIpc) is 2.12. The van der Waals surface area contributed by atoms with Crippen molar-refractivity contribution in [1.82, 2.24) is 5.10 Å². The number of rotatable bonds is 0. The molecule has 2 rings (SSSR count). The molecule has 13 heavy (non-hydrogen) atoms. The molecule has 0 radical (unpaired) electrons. The number of nitrogen functional groups attached to an aromatic ring is 1. The van der Waals surface area contributed by atoms with Crippen molar-refractivity contribution in [2.75, 3.05) is 5.73 Å². The first-order chi connectivity index (χ1) is 5.79. The van der Waals surface area contributed by atoms with E-state index in [1.54, 1.807) is 6.20 Å². The van der Waals surface area contributed by atoms with Gasteiger partial charge >= 0.3 is 0 Å². The molecule has 0 aliphatic heterocycles. The number of benzene rings is 1. The minimum Gasteiger partial charge on any atom is -1.00 e. The summed E-state index contributed by atoms with van der Waals surface area (Å²) >= 11 is 0. The zero-order valence-electron chi connectivity index (χ0n) is 7.24. The van der Waals surface area contributed by atoms with Gasteiger partial charge in [0.15, 0.2) is 7.05 Å². The van der Waals surface area contributed by atoms with Gasteiger partial charge in [-0.1, -0.05) is 16.8 Å². The molecule has 1 heterocycles. The number of nitrogens with zero attached hydrogens (tertiary/aromatic N) is 2. The zero-order chi connectivity index (χ0) is 8.55. The Balaban J connectivity index is 0.000000845. The van der Waals surface area contributed by atoms with E-state index < -0.39 is 0 Å². The molecular formula is C9H10ClN3. The molecule has 0 atom stereocenters. The van der Waals surface area contributed by atoms with Crippen molar-refractivity contribution in [3.8, 4) is 0 Å². The molecule has 0 fully saturated rings. The van der Waals surface area contributed by atoms with Crippen LogP contribution in [-0.4, -0.2) is 5.10 Å². The lowest BCUT2D eigenvalue weighted by Gasteiger charge is -1.96. The standard InChI is InChI=1S/C9H9N3.ClH/c1-12-9-5-3-2-4-7(9)8(10)6-11-12;/h2-6,10H,1H3;1H. The second-order valence-corrected chi connectivity index (χ2v) is 2.74. The van der Waals surface area contributed by atoms with Gasteiger partial charge in [-0.3, -0.25) is 0 Å². The molecule has 0 aliphatic rings. The fraction of sp³-hybridized carbons (Fsp3) is 0.111. The average molecular weight is 196 g/mol. The SMILES string of the molecule is C[n+]1ncc(N)c2ccccc21.[Cl-]. The van der Waals surface area contributed by atoms with Crippen LogP contribution in [0, 0.1) is 0 Å². The first-order valence-corrected chi connectivity index (χ1v) is 3.78. The van der Waals surface area contributed by atoms with E-state index in [1.807, 2.05) is 36.0 Å². The molecule has 2 aromatic rings. The monoisotopic (exact) mass is 195 g/mol. The van der Waals surface area contributed by atoms with Gasteiger partial charge in [-0.25, -0.2) is 0 Å². The van der Waals surface area contributed by atoms with Gasteiger partial charge in [-0.2, -0.15) is 0 Å². The maximum atomic E-state index is 5.75. The third-order valence-electron chi connectivity index (χ3n) is 1.93. The van der Waals surface area contributed by atoms with Crippen molar-refractivity contribution >= 4 is 16.6 Å². The Kier molecular flexibility index (Phi) is 2.68. The van der Waals surface area contributed by atoms with Crippen LogP contribution in [0.25, 0.3) is 10.9 Å². The zero-order valence-corrected chi connectivity index (χ0v) is 7.99. The molecule has 2 N–H and O–H groups in total. The molecule has 0 saturated carbocycles. The van der Waals surface area contributed by atoms with Crippen LogP contribution < -0.4 is 22.8 Å². The molecule has 3 nitrogen and oxygen atoms in total. The number of hydrogen-bond donors (Lipinski definition) is 1. The van der Waals surface area contributed by atoms with E-state index in [1.165, 1.54) is 0 Å². The van der Waals surface area contributed by atoms with Gasteiger partial charge in [0.05, 0.1) is 11.1 Å². The van der Waals surface area contributed by atoms with Crippen LogP contribution >= 0.6 is 0 Å². The fourth-order valence-corrected chi connectivity index (χ4v) is 1.28. The van der Waals surface area contributed by atoms with Crippen molar-refractivity contribution in [2.24, 2.45) is 7.05 Å². The number of aryl methyl sites for hydroxylation is 1. The number of anilines is 1. The number of hydrogen-bond acceptors (Lipinski definition) is 2. The highest BCUT2D eigenvalue weighted by Gasteiger charge is 2.06. The summed E-state index contributed by atoms with van der Waals surface area (Å²) in [5.74, 6) is 0. The third kappa shape index (κ3) is 1.55. The lowest BCUT2D eigenvalue weighted by atomic mass is 10.2. The number of halogens is 1. The topological polar surface area (TPSA) is 42.8 Å². The number of fused-ring (bicyclic) bond motifs is 1. The minimum absolute atomic E-state index is 0. The first-order valence-electron chi connectivity index (χ1n) is 3.78. The van der Waals surface area contributed by atoms with Gasteiger partial charge in [0.25, 0.3) is 0 Å². The minimum atomic E-state index is 0. The van der Waals surface area contributed by atoms with Crippen LogP contribution in [0.5, 0.6) is 0 Å². The molecule has 1 aromatic heterocycles. The van der Waals surface area contributed by atoms with Gasteiger partial charge in [0.1, 0.15) is 6.20 Å². The van der Waals surface area contributed by atoms with E-state index in [9.17, 15) is 0 Å². The highest BCUT2D eigenvalue weighted by Crippen LogP contribution is 2.14. The Hall–Kier alpha value is -1.35. The van der Waals surface area contributed by atoms with Gasteiger partial charge in [-0.15, -0.1) is 0 Å². The molecule has 4 heteroatoms. The second kappa shape index (κ2) is 3.58. The molecule has 0 amide bonds. The van der Waals surface area contributed by atoms with Crippen LogP contribution in [0.4, 0.5) is 5.69 Å². The van der Waals surface area contributed by atoms with Crippen molar-refractivity contribution in [2.45, 2.75) is 0 Å². The van der Waals surface area contributed by atoms with Crippen LogP contribution in [0.1, 0.15) is 0 Å². The fourth-order valence-electron chi connectivity index (χ4n) is 1.28. The van der Waals surface area contributed by atoms with Gasteiger partial charge in [0, 0.05) is 6.07 Å². The van der Waals surface area contributed by atoms with E-state index in [0.717, 1.165) is 16.6 Å². The van der Waals surface area contributed by atoms with Crippen molar-refractivity contribution < 1.29 is 17.1 Å². The van der Waals surface area contributed by atoms with Crippen LogP contribution in [0.15, 0.2) is 30.5 Å². The highest BCUT2D eigenvalue weighted by atomic mass is 35.5. The van der Waals surface area contributed by atoms with Crippen LogP contribution in [0.2, 0.25) is 0 Å². The largest absolute Gasteiger partial charge is 1.00 e. The highest BCUT2D eigenvalue weighted by molar-refractivity contribution is 5.86. The smallest absolute Gasteiger partial charge is 0.240 e. The summed E-state index contributed by atoms with van der Waals surface area (Å²) in [5, 5.41) is 5.15. The molecular weight excluding hydrogens is 186 g/mol. The van der Waals surface area contributed by atoms with Crippen molar-refractivity contribution in [3.63, 3.8) is 0 Å². The summed E-state index contributed by atoms with van der Waals surface area (Å²) in [6.45, 7) is 0. The Labute approximate surface area is 82.6 Å². The van der Waals surface area contributed by atoms with Gasteiger partial charge in [-0.05, 0) is 11.2 Å². The Morgan fingerprint density at radius 3 is 2.69 bits per heavy atom. The predicted octanol–water partition coefficient (Wildman–Crippen LogP) is -2.35. The van der Waals surface area contributed by atoms with Gasteiger partial charge < -0.3 is 18.1 Å². The van der Waals surface area contributed by atoms with Crippen molar-refractivity contribution in [1.29, 1.82) is 0 Å². The molecule has 68 valence electrons. The van der Waals surface area contributed by atoms with Gasteiger partial charge in [0.2, 0.25) is 5.52 Å². The molecule has 0 aliphatic carbocycles. The predicted molar refractivity (Wildman–Crippen MR) is 47.3 cm³/mol. The molecule has 1 aromatic carbocycles. The van der Waals surface area contributed by atoms with E-state index in [4.69, 9.17) is 5.73 Å². The molecule has 0 unspecified atom stereocenters. The lowest BCUT2D eigenvalue weighted by molar-refractivity contribution is -0.705. The maximum Gasteiger partial charge on any atom is 0.240 e. The summed E-state index contributed by atoms with van der Waals surface area (Å²) in [4.78, 5) is 0. The third-order valence-corrected chi connectivity index (χ3v) is 1.93. The molecule has 0 bridgehead atoms. The number of nitrogens with two attached hydrogens (primary N) is 1. The van der Waals surface area contributed by atoms with E-state index in [2.05, 4.69) is 5.10 Å². The second-order valence-electron chi connectivity index (χ2n) is 2.74. The summed E-state index contributed by atoms with van der Waals surface area (Å²) in [6.07, 6.45) is 1.67. The van der Waals surface area contributed by atoms with Crippen LogP contribution in [0.3, 0.4) is 0 Å². The Morgan fingerprint density at radius 2 is 2.00 bits per heavy atom. The Morgan fingerprint density at radius 1 is 1.31 bits per heavy atom. The lowest BCUT2D eigenvalue weighted by Crippen LogP contribution is -3.00. The van der Waals surface area contributed by atoms with E-state index >= 15 is 0 Å². The van der Waals surface area contributed by atoms with Crippen LogP contribution in [-0.2, 0) is 7.05 Å². The first kappa shape index (κ1) is 9.74. The normalized spacial score (nSPS) is 9.62. The summed E-state index contributed by atoms with van der Waals surface area (Å²) in [5.41, 5.74) is 7.53. The van der Waals surface area contributed by atoms with E-state index in [-0.39, 0.29) is 12.4 Å². The maximum absolute atomic E-state index is 5.75. The molecule has 0 saturated heterocycles. The Bertz CT molecular complexity index is 388. The number of para-hydroxylation sites is 1. The summed E-state index contributed by atoms with van der Waals surface area (Å²) < 4.78 is 1.81.